The molecule has 1 aromatic rings. The van der Waals surface area contributed by atoms with E-state index in [9.17, 15) is 19.2 Å². The Labute approximate surface area is 119 Å². The maximum atomic E-state index is 12.2. The Balaban J connectivity index is 2.28. The van der Waals surface area contributed by atoms with Gasteiger partial charge in [-0.3, -0.25) is 24.1 Å². The zero-order valence-electron chi connectivity index (χ0n) is 11.0. The summed E-state index contributed by atoms with van der Waals surface area (Å²) in [6, 6.07) is 5.23. The summed E-state index contributed by atoms with van der Waals surface area (Å²) in [6.07, 6.45) is -0.878. The zero-order chi connectivity index (χ0) is 15.6. The van der Waals surface area contributed by atoms with E-state index in [-0.39, 0.29) is 24.0 Å². The highest BCUT2D eigenvalue weighted by molar-refractivity contribution is 6.21. The summed E-state index contributed by atoms with van der Waals surface area (Å²) in [5, 5.41) is 17.6. The molecule has 7 nitrogen and oxygen atoms in total. The van der Waals surface area contributed by atoms with Gasteiger partial charge in [0.05, 0.1) is 23.6 Å². The Kier molecular flexibility index (Phi) is 4.02. The van der Waals surface area contributed by atoms with Crippen LogP contribution in [0.25, 0.3) is 0 Å². The Morgan fingerprint density at radius 2 is 1.52 bits per heavy atom. The molecule has 1 aliphatic rings. The van der Waals surface area contributed by atoms with Crippen LogP contribution in [0, 0.1) is 0 Å². The van der Waals surface area contributed by atoms with Crippen LogP contribution in [0.4, 0.5) is 0 Å². The molecule has 1 unspecified atom stereocenters. The van der Waals surface area contributed by atoms with E-state index in [1.54, 1.807) is 12.1 Å². The van der Waals surface area contributed by atoms with Crippen LogP contribution < -0.4 is 0 Å². The van der Waals surface area contributed by atoms with Crippen LogP contribution in [0.3, 0.4) is 0 Å². The van der Waals surface area contributed by atoms with Gasteiger partial charge in [0.15, 0.2) is 0 Å². The van der Waals surface area contributed by atoms with Gasteiger partial charge < -0.3 is 10.2 Å². The van der Waals surface area contributed by atoms with Gasteiger partial charge in [-0.2, -0.15) is 0 Å². The molecule has 1 aromatic carbocycles. The Morgan fingerprint density at radius 1 is 1.00 bits per heavy atom. The van der Waals surface area contributed by atoms with Crippen LogP contribution in [0.15, 0.2) is 24.3 Å². The number of fused-ring (bicyclic) bond motifs is 1. The third-order valence-corrected chi connectivity index (χ3v) is 3.29. The van der Waals surface area contributed by atoms with E-state index < -0.39 is 36.2 Å². The predicted molar refractivity (Wildman–Crippen MR) is 69.9 cm³/mol. The number of carbonyl (C=O) groups excluding carboxylic acids is 2. The first-order chi connectivity index (χ1) is 9.91. The molecule has 1 heterocycles. The smallest absolute Gasteiger partial charge is 0.305 e. The van der Waals surface area contributed by atoms with Crippen molar-refractivity contribution in [3.63, 3.8) is 0 Å². The van der Waals surface area contributed by atoms with Crippen molar-refractivity contribution >= 4 is 23.8 Å². The van der Waals surface area contributed by atoms with Crippen molar-refractivity contribution in [3.05, 3.63) is 35.4 Å². The molecule has 7 heteroatoms. The van der Waals surface area contributed by atoms with Crippen LogP contribution in [0.1, 0.15) is 40.0 Å². The van der Waals surface area contributed by atoms with Gasteiger partial charge in [-0.15, -0.1) is 0 Å². The average molecular weight is 291 g/mol. The summed E-state index contributed by atoms with van der Waals surface area (Å²) in [5.74, 6) is -3.46. The van der Waals surface area contributed by atoms with Gasteiger partial charge in [0.25, 0.3) is 11.8 Å². The van der Waals surface area contributed by atoms with Crippen LogP contribution in [-0.2, 0) is 9.59 Å². The molecule has 0 fully saturated rings. The maximum absolute atomic E-state index is 12.2. The Morgan fingerprint density at radius 3 is 1.95 bits per heavy atom. The summed E-state index contributed by atoms with van der Waals surface area (Å²) < 4.78 is 0. The standard InChI is InChI=1S/C14H13NO6/c16-11(17)6-5-8(7-12(18)19)15-13(20)9-3-1-2-4-10(9)14(15)21/h1-4,8H,5-7H2,(H,16,17)(H,18,19). The Hall–Kier alpha value is -2.70. The normalized spacial score (nSPS) is 15.0. The van der Waals surface area contributed by atoms with Crippen molar-refractivity contribution in [3.8, 4) is 0 Å². The van der Waals surface area contributed by atoms with Gasteiger partial charge in [0.1, 0.15) is 0 Å². The van der Waals surface area contributed by atoms with Crippen LogP contribution >= 0.6 is 0 Å². The number of rotatable bonds is 6. The van der Waals surface area contributed by atoms with E-state index in [1.165, 1.54) is 12.1 Å². The molecule has 1 atom stereocenters. The lowest BCUT2D eigenvalue weighted by molar-refractivity contribution is -0.140. The van der Waals surface area contributed by atoms with E-state index in [2.05, 4.69) is 0 Å². The molecular formula is C14H13NO6. The van der Waals surface area contributed by atoms with Crippen LogP contribution in [0.5, 0.6) is 0 Å². The number of hydrogen-bond donors (Lipinski definition) is 2. The van der Waals surface area contributed by atoms with E-state index in [1.807, 2.05) is 0 Å². The summed E-state index contributed by atoms with van der Waals surface area (Å²) in [5.41, 5.74) is 0.432. The topological polar surface area (TPSA) is 112 Å². The van der Waals surface area contributed by atoms with Gasteiger partial charge in [-0.25, -0.2) is 0 Å². The molecule has 0 aliphatic carbocycles. The largest absolute Gasteiger partial charge is 0.481 e. The zero-order valence-corrected chi connectivity index (χ0v) is 11.0. The molecule has 0 bridgehead atoms. The van der Waals surface area contributed by atoms with Crippen LogP contribution in [0.2, 0.25) is 0 Å². The number of amides is 2. The maximum Gasteiger partial charge on any atom is 0.305 e. The van der Waals surface area contributed by atoms with E-state index >= 15 is 0 Å². The molecule has 2 N–H and O–H groups in total. The summed E-state index contributed by atoms with van der Waals surface area (Å²) in [4.78, 5) is 46.9. The second-order valence-corrected chi connectivity index (χ2v) is 4.71. The molecule has 0 spiro atoms. The van der Waals surface area contributed by atoms with E-state index in [4.69, 9.17) is 10.2 Å². The van der Waals surface area contributed by atoms with Crippen molar-refractivity contribution in [2.75, 3.05) is 0 Å². The minimum Gasteiger partial charge on any atom is -0.481 e. The number of nitrogens with zero attached hydrogens (tertiary/aromatic N) is 1. The number of aliphatic carboxylic acids is 2. The molecule has 0 saturated carbocycles. The minimum absolute atomic E-state index is 0.0902. The highest BCUT2D eigenvalue weighted by Gasteiger charge is 2.40. The minimum atomic E-state index is -1.19. The fraction of sp³-hybridized carbons (Fsp3) is 0.286. The molecule has 110 valence electrons. The van der Waals surface area contributed by atoms with Crippen molar-refractivity contribution in [2.24, 2.45) is 0 Å². The van der Waals surface area contributed by atoms with Gasteiger partial charge >= 0.3 is 11.9 Å². The molecule has 0 radical (unpaired) electrons. The first-order valence-corrected chi connectivity index (χ1v) is 6.32. The lowest BCUT2D eigenvalue weighted by Gasteiger charge is -2.24. The molecule has 0 saturated heterocycles. The van der Waals surface area contributed by atoms with Crippen molar-refractivity contribution in [1.82, 2.24) is 4.90 Å². The van der Waals surface area contributed by atoms with Crippen molar-refractivity contribution < 1.29 is 29.4 Å². The highest BCUT2D eigenvalue weighted by atomic mass is 16.4. The summed E-state index contributed by atoms with van der Waals surface area (Å²) in [7, 11) is 0. The number of carboxylic acid groups (broad SMARTS) is 2. The number of carboxylic acids is 2. The fourth-order valence-corrected chi connectivity index (χ4v) is 2.35. The monoisotopic (exact) mass is 291 g/mol. The third-order valence-electron chi connectivity index (χ3n) is 3.29. The molecule has 1 aliphatic heterocycles. The number of imide groups is 1. The second-order valence-electron chi connectivity index (χ2n) is 4.71. The third kappa shape index (κ3) is 2.91. The Bertz CT molecular complexity index is 589. The van der Waals surface area contributed by atoms with Gasteiger partial charge in [-0.05, 0) is 18.6 Å². The molecule has 21 heavy (non-hydrogen) atoms. The fourth-order valence-electron chi connectivity index (χ4n) is 2.35. The molecule has 0 aromatic heterocycles. The lowest BCUT2D eigenvalue weighted by Crippen LogP contribution is -2.41. The number of carbonyl (C=O) groups is 4. The van der Waals surface area contributed by atoms with Crippen molar-refractivity contribution in [2.45, 2.75) is 25.3 Å². The van der Waals surface area contributed by atoms with Gasteiger partial charge in [0, 0.05) is 6.42 Å². The number of hydrogen-bond acceptors (Lipinski definition) is 4. The van der Waals surface area contributed by atoms with E-state index in [0.29, 0.717) is 0 Å². The first kappa shape index (κ1) is 14.7. The molecule has 2 rings (SSSR count). The van der Waals surface area contributed by atoms with Crippen molar-refractivity contribution in [1.29, 1.82) is 0 Å². The molecular weight excluding hydrogens is 278 g/mol. The second kappa shape index (κ2) is 5.74. The quantitative estimate of drug-likeness (QED) is 0.756. The van der Waals surface area contributed by atoms with Crippen LogP contribution in [-0.4, -0.2) is 44.9 Å². The summed E-state index contributed by atoms with van der Waals surface area (Å²) >= 11 is 0. The SMILES string of the molecule is O=C(O)CCC(CC(=O)O)N1C(=O)c2ccccc2C1=O. The average Bonchev–Trinajstić information content (AvgIpc) is 2.67. The number of benzene rings is 1. The predicted octanol–water partition coefficient (Wildman–Crippen LogP) is 0.991. The lowest BCUT2D eigenvalue weighted by atomic mass is 10.1. The van der Waals surface area contributed by atoms with E-state index in [0.717, 1.165) is 4.90 Å². The first-order valence-electron chi connectivity index (χ1n) is 6.32. The summed E-state index contributed by atoms with van der Waals surface area (Å²) in [6.45, 7) is 0. The van der Waals surface area contributed by atoms with Gasteiger partial charge in [0.2, 0.25) is 0 Å². The molecule has 2 amide bonds. The van der Waals surface area contributed by atoms with Gasteiger partial charge in [-0.1, -0.05) is 12.1 Å². The highest BCUT2D eigenvalue weighted by Crippen LogP contribution is 2.27.